The number of rotatable bonds is 6. The van der Waals surface area contributed by atoms with Gasteiger partial charge in [0.05, 0.1) is 0 Å². The Balaban J connectivity index is 0.00000210. The zero-order valence-corrected chi connectivity index (χ0v) is 17.6. The maximum Gasteiger partial charge on any atom is 0.341 e. The number of hydrogen-bond donors (Lipinski definition) is 3. The number of carboxylic acid groups (broad SMARTS) is 1. The number of nitrogens with zero attached hydrogens (tertiary/aromatic N) is 1. The van der Waals surface area contributed by atoms with E-state index in [2.05, 4.69) is 15.5 Å². The van der Waals surface area contributed by atoms with Gasteiger partial charge in [-0.25, -0.2) is 4.79 Å². The lowest BCUT2D eigenvalue weighted by Crippen LogP contribution is -2.43. The van der Waals surface area contributed by atoms with E-state index in [1.807, 2.05) is 24.3 Å². The zero-order valence-electron chi connectivity index (χ0n) is 16.0. The van der Waals surface area contributed by atoms with Crippen LogP contribution in [0.1, 0.15) is 15.9 Å². The van der Waals surface area contributed by atoms with Crippen LogP contribution in [0.25, 0.3) is 0 Å². The van der Waals surface area contributed by atoms with Gasteiger partial charge in [0.2, 0.25) is 0 Å². The Bertz CT molecular complexity index is 825. The molecular formula is C20H25Cl2N3O4. The second-order valence-electron chi connectivity index (χ2n) is 6.40. The third kappa shape index (κ3) is 6.81. The van der Waals surface area contributed by atoms with Crippen molar-refractivity contribution in [2.24, 2.45) is 0 Å². The van der Waals surface area contributed by atoms with E-state index in [0.29, 0.717) is 17.0 Å². The molecule has 3 N–H and O–H groups in total. The van der Waals surface area contributed by atoms with Crippen molar-refractivity contribution in [3.63, 3.8) is 0 Å². The van der Waals surface area contributed by atoms with Gasteiger partial charge in [0, 0.05) is 43.1 Å². The molecule has 3 rings (SSSR count). The number of aliphatic carboxylic acids is 1. The van der Waals surface area contributed by atoms with E-state index in [-0.39, 0.29) is 30.7 Å². The minimum absolute atomic E-state index is 0. The minimum atomic E-state index is -1.03. The van der Waals surface area contributed by atoms with Crippen molar-refractivity contribution in [1.29, 1.82) is 0 Å². The summed E-state index contributed by atoms with van der Waals surface area (Å²) >= 11 is 0. The first-order valence-corrected chi connectivity index (χ1v) is 8.85. The molecule has 0 radical (unpaired) electrons. The molecule has 1 aliphatic rings. The van der Waals surface area contributed by atoms with Crippen molar-refractivity contribution < 1.29 is 19.4 Å². The molecule has 2 aromatic rings. The Hall–Kier alpha value is -2.48. The van der Waals surface area contributed by atoms with Crippen LogP contribution in [0.5, 0.6) is 5.75 Å². The molecule has 2 aromatic carbocycles. The van der Waals surface area contributed by atoms with Gasteiger partial charge in [-0.2, -0.15) is 0 Å². The van der Waals surface area contributed by atoms with Gasteiger partial charge in [-0.05, 0) is 55.0 Å². The third-order valence-corrected chi connectivity index (χ3v) is 4.40. The number of hydrogen-bond acceptors (Lipinski definition) is 5. The normalized spacial score (nSPS) is 12.9. The SMILES string of the molecule is Cc1cc(NC(=O)c2ccc(N3CCNCC3)cc2)ccc1OCC(=O)O.Cl.Cl. The molecule has 1 amide bonds. The zero-order chi connectivity index (χ0) is 19.2. The van der Waals surface area contributed by atoms with Crippen LogP contribution < -0.4 is 20.3 Å². The molecule has 1 fully saturated rings. The first kappa shape index (κ1) is 24.6. The number of halogens is 2. The number of amides is 1. The van der Waals surface area contributed by atoms with Crippen molar-refractivity contribution in [2.75, 3.05) is 43.0 Å². The van der Waals surface area contributed by atoms with Gasteiger partial charge in [-0.3, -0.25) is 4.79 Å². The van der Waals surface area contributed by atoms with Crippen LogP contribution in [0.3, 0.4) is 0 Å². The summed E-state index contributed by atoms with van der Waals surface area (Å²) in [7, 11) is 0. The van der Waals surface area contributed by atoms with Crippen LogP contribution >= 0.6 is 24.8 Å². The van der Waals surface area contributed by atoms with Gasteiger partial charge in [0.1, 0.15) is 5.75 Å². The first-order chi connectivity index (χ1) is 13.0. The number of carbonyl (C=O) groups excluding carboxylic acids is 1. The third-order valence-electron chi connectivity index (χ3n) is 4.40. The summed E-state index contributed by atoms with van der Waals surface area (Å²) in [5.41, 5.74) is 3.08. The highest BCUT2D eigenvalue weighted by Crippen LogP contribution is 2.23. The number of piperazine rings is 1. The highest BCUT2D eigenvalue weighted by atomic mass is 35.5. The van der Waals surface area contributed by atoms with E-state index in [1.54, 1.807) is 25.1 Å². The minimum Gasteiger partial charge on any atom is -0.482 e. The van der Waals surface area contributed by atoms with Crippen LogP contribution in [0.15, 0.2) is 42.5 Å². The fraction of sp³-hybridized carbons (Fsp3) is 0.300. The molecule has 1 heterocycles. The average molecular weight is 442 g/mol. The van der Waals surface area contributed by atoms with Gasteiger partial charge in [0.15, 0.2) is 6.61 Å². The first-order valence-electron chi connectivity index (χ1n) is 8.85. The maximum absolute atomic E-state index is 12.5. The Labute approximate surface area is 182 Å². The second-order valence-corrected chi connectivity index (χ2v) is 6.40. The lowest BCUT2D eigenvalue weighted by Gasteiger charge is -2.29. The summed E-state index contributed by atoms with van der Waals surface area (Å²) in [6.07, 6.45) is 0. The molecule has 1 saturated heterocycles. The van der Waals surface area contributed by atoms with E-state index in [4.69, 9.17) is 9.84 Å². The van der Waals surface area contributed by atoms with E-state index < -0.39 is 12.6 Å². The van der Waals surface area contributed by atoms with E-state index in [0.717, 1.165) is 37.4 Å². The van der Waals surface area contributed by atoms with Gasteiger partial charge in [-0.1, -0.05) is 0 Å². The van der Waals surface area contributed by atoms with E-state index >= 15 is 0 Å². The topological polar surface area (TPSA) is 90.9 Å². The van der Waals surface area contributed by atoms with Gasteiger partial charge < -0.3 is 25.4 Å². The smallest absolute Gasteiger partial charge is 0.341 e. The summed E-state index contributed by atoms with van der Waals surface area (Å²) < 4.78 is 5.19. The van der Waals surface area contributed by atoms with Crippen molar-refractivity contribution in [1.82, 2.24) is 5.32 Å². The van der Waals surface area contributed by atoms with Crippen molar-refractivity contribution in [3.8, 4) is 5.75 Å². The van der Waals surface area contributed by atoms with Crippen LogP contribution in [0.4, 0.5) is 11.4 Å². The number of benzene rings is 2. The number of carbonyl (C=O) groups is 2. The molecule has 0 unspecified atom stereocenters. The second kappa shape index (κ2) is 11.5. The standard InChI is InChI=1S/C20H23N3O4.2ClH/c1-14-12-16(4-7-18(14)27-13-19(24)25)22-20(26)15-2-5-17(6-3-15)23-10-8-21-9-11-23;;/h2-7,12,21H,8-11,13H2,1H3,(H,22,26)(H,24,25);2*1H. The number of ether oxygens (including phenoxy) is 1. The fourth-order valence-corrected chi connectivity index (χ4v) is 2.98. The van der Waals surface area contributed by atoms with Gasteiger partial charge in [-0.15, -0.1) is 24.8 Å². The maximum atomic E-state index is 12.5. The molecule has 9 heteroatoms. The monoisotopic (exact) mass is 441 g/mol. The Morgan fingerprint density at radius 1 is 1.10 bits per heavy atom. The quantitative estimate of drug-likeness (QED) is 0.638. The Morgan fingerprint density at radius 3 is 2.34 bits per heavy atom. The molecule has 0 aliphatic carbocycles. The molecule has 7 nitrogen and oxygen atoms in total. The van der Waals surface area contributed by atoms with Crippen LogP contribution in [-0.2, 0) is 4.79 Å². The lowest BCUT2D eigenvalue weighted by atomic mass is 10.1. The van der Waals surface area contributed by atoms with Crippen LogP contribution in [0, 0.1) is 6.92 Å². The summed E-state index contributed by atoms with van der Waals surface area (Å²) in [5, 5.41) is 14.9. The lowest BCUT2D eigenvalue weighted by molar-refractivity contribution is -0.139. The summed E-state index contributed by atoms with van der Waals surface area (Å²) in [6, 6.07) is 12.7. The number of aryl methyl sites for hydroxylation is 1. The fourth-order valence-electron chi connectivity index (χ4n) is 2.98. The number of nitrogens with one attached hydrogen (secondary N) is 2. The number of carboxylic acids is 1. The molecule has 0 bridgehead atoms. The molecule has 0 aromatic heterocycles. The van der Waals surface area contributed by atoms with Crippen molar-refractivity contribution >= 4 is 48.1 Å². The average Bonchev–Trinajstić information content (AvgIpc) is 2.68. The summed E-state index contributed by atoms with van der Waals surface area (Å²) in [5.74, 6) is -0.743. The molecular weight excluding hydrogens is 417 g/mol. The van der Waals surface area contributed by atoms with Gasteiger partial charge in [0.25, 0.3) is 5.91 Å². The highest BCUT2D eigenvalue weighted by Gasteiger charge is 2.12. The van der Waals surface area contributed by atoms with Crippen molar-refractivity contribution in [2.45, 2.75) is 6.92 Å². The van der Waals surface area contributed by atoms with E-state index in [9.17, 15) is 9.59 Å². The highest BCUT2D eigenvalue weighted by molar-refractivity contribution is 6.04. The largest absolute Gasteiger partial charge is 0.482 e. The van der Waals surface area contributed by atoms with Crippen LogP contribution in [-0.4, -0.2) is 49.8 Å². The molecule has 1 aliphatic heterocycles. The molecule has 0 atom stereocenters. The predicted molar refractivity (Wildman–Crippen MR) is 118 cm³/mol. The predicted octanol–water partition coefficient (Wildman–Crippen LogP) is 2.96. The summed E-state index contributed by atoms with van der Waals surface area (Å²) in [6.45, 7) is 5.25. The Kier molecular flexibility index (Phi) is 9.74. The molecule has 0 saturated carbocycles. The molecule has 0 spiro atoms. The number of anilines is 2. The molecule has 29 heavy (non-hydrogen) atoms. The summed E-state index contributed by atoms with van der Waals surface area (Å²) in [4.78, 5) is 25.3. The van der Waals surface area contributed by atoms with Gasteiger partial charge >= 0.3 is 5.97 Å². The Morgan fingerprint density at radius 2 is 1.76 bits per heavy atom. The van der Waals surface area contributed by atoms with Crippen molar-refractivity contribution in [3.05, 3.63) is 53.6 Å². The van der Waals surface area contributed by atoms with E-state index in [1.165, 1.54) is 0 Å². The molecule has 158 valence electrons. The van der Waals surface area contributed by atoms with Crippen LogP contribution in [0.2, 0.25) is 0 Å².